The monoisotopic (exact) mass is 389 g/mol. The SMILES string of the molecule is CC(C)(C)OC(=O)N[C@@H](Cc1ccc(NC(=O)C2CCCCC2)cc1)C(N)=O. The van der Waals surface area contributed by atoms with Gasteiger partial charge >= 0.3 is 6.09 Å². The molecule has 0 bridgehead atoms. The van der Waals surface area contributed by atoms with Crippen molar-refractivity contribution in [3.05, 3.63) is 29.8 Å². The van der Waals surface area contributed by atoms with Gasteiger partial charge < -0.3 is 21.1 Å². The fourth-order valence-electron chi connectivity index (χ4n) is 3.24. The fourth-order valence-corrected chi connectivity index (χ4v) is 3.24. The zero-order valence-electron chi connectivity index (χ0n) is 16.9. The molecule has 1 aromatic rings. The Hall–Kier alpha value is -2.57. The molecule has 0 saturated heterocycles. The van der Waals surface area contributed by atoms with Crippen molar-refractivity contribution < 1.29 is 19.1 Å². The molecule has 1 atom stereocenters. The van der Waals surface area contributed by atoms with Crippen LogP contribution in [0.2, 0.25) is 0 Å². The molecule has 0 unspecified atom stereocenters. The first-order valence-electron chi connectivity index (χ1n) is 9.82. The van der Waals surface area contributed by atoms with Gasteiger partial charge in [-0.3, -0.25) is 9.59 Å². The van der Waals surface area contributed by atoms with Crippen LogP contribution in [0.4, 0.5) is 10.5 Å². The molecule has 28 heavy (non-hydrogen) atoms. The van der Waals surface area contributed by atoms with E-state index < -0.39 is 23.6 Å². The molecule has 1 saturated carbocycles. The first-order chi connectivity index (χ1) is 13.1. The van der Waals surface area contributed by atoms with Crippen molar-refractivity contribution in [3.8, 4) is 0 Å². The largest absolute Gasteiger partial charge is 0.444 e. The summed E-state index contributed by atoms with van der Waals surface area (Å²) in [5, 5.41) is 5.46. The van der Waals surface area contributed by atoms with Gasteiger partial charge in [0.2, 0.25) is 11.8 Å². The van der Waals surface area contributed by atoms with E-state index in [4.69, 9.17) is 10.5 Å². The van der Waals surface area contributed by atoms with Crippen LogP contribution >= 0.6 is 0 Å². The zero-order valence-corrected chi connectivity index (χ0v) is 16.9. The van der Waals surface area contributed by atoms with E-state index in [9.17, 15) is 14.4 Å². The van der Waals surface area contributed by atoms with Crippen molar-refractivity contribution in [2.75, 3.05) is 5.32 Å². The Labute approximate surface area is 166 Å². The van der Waals surface area contributed by atoms with Crippen molar-refractivity contribution in [1.29, 1.82) is 0 Å². The summed E-state index contributed by atoms with van der Waals surface area (Å²) >= 11 is 0. The number of ether oxygens (including phenoxy) is 1. The van der Waals surface area contributed by atoms with Gasteiger partial charge in [0.15, 0.2) is 0 Å². The molecule has 3 amide bonds. The molecule has 2 rings (SSSR count). The summed E-state index contributed by atoms with van der Waals surface area (Å²) in [6.07, 6.45) is 4.86. The Morgan fingerprint density at radius 2 is 1.71 bits per heavy atom. The van der Waals surface area contributed by atoms with E-state index in [0.717, 1.165) is 36.9 Å². The number of anilines is 1. The zero-order chi connectivity index (χ0) is 20.7. The summed E-state index contributed by atoms with van der Waals surface area (Å²) in [5.41, 5.74) is 6.28. The number of alkyl carbamates (subject to hydrolysis) is 1. The highest BCUT2D eigenvalue weighted by Gasteiger charge is 2.23. The van der Waals surface area contributed by atoms with Crippen LogP contribution in [0.1, 0.15) is 58.4 Å². The molecule has 0 spiro atoms. The van der Waals surface area contributed by atoms with Crippen LogP contribution in [0.3, 0.4) is 0 Å². The highest BCUT2D eigenvalue weighted by molar-refractivity contribution is 5.92. The van der Waals surface area contributed by atoms with E-state index in [-0.39, 0.29) is 18.2 Å². The van der Waals surface area contributed by atoms with Crippen LogP contribution in [0.15, 0.2) is 24.3 Å². The van der Waals surface area contributed by atoms with Gasteiger partial charge in [0.1, 0.15) is 11.6 Å². The second-order valence-corrected chi connectivity index (χ2v) is 8.33. The van der Waals surface area contributed by atoms with Gasteiger partial charge in [0.05, 0.1) is 0 Å². The average Bonchev–Trinajstić information content (AvgIpc) is 2.61. The van der Waals surface area contributed by atoms with E-state index in [1.165, 1.54) is 6.42 Å². The molecule has 1 aliphatic carbocycles. The molecule has 0 aliphatic heterocycles. The lowest BCUT2D eigenvalue weighted by atomic mass is 9.88. The van der Waals surface area contributed by atoms with E-state index in [1.54, 1.807) is 32.9 Å². The Bertz CT molecular complexity index is 689. The summed E-state index contributed by atoms with van der Waals surface area (Å²) in [6.45, 7) is 5.23. The number of nitrogens with one attached hydrogen (secondary N) is 2. The smallest absolute Gasteiger partial charge is 0.408 e. The summed E-state index contributed by atoms with van der Waals surface area (Å²) in [4.78, 5) is 35.9. The summed E-state index contributed by atoms with van der Waals surface area (Å²) < 4.78 is 5.17. The molecular formula is C21H31N3O4. The first-order valence-corrected chi connectivity index (χ1v) is 9.82. The summed E-state index contributed by atoms with van der Waals surface area (Å²) in [7, 11) is 0. The highest BCUT2D eigenvalue weighted by Crippen LogP contribution is 2.25. The van der Waals surface area contributed by atoms with Crippen LogP contribution in [-0.2, 0) is 20.7 Å². The molecule has 1 aromatic carbocycles. The third-order valence-corrected chi connectivity index (χ3v) is 4.67. The molecule has 1 aliphatic rings. The van der Waals surface area contributed by atoms with Gasteiger partial charge in [-0.2, -0.15) is 0 Å². The average molecular weight is 389 g/mol. The molecule has 7 heteroatoms. The molecule has 0 aromatic heterocycles. The summed E-state index contributed by atoms with van der Waals surface area (Å²) in [5.74, 6) is -0.486. The second-order valence-electron chi connectivity index (χ2n) is 8.33. The van der Waals surface area contributed by atoms with Gasteiger partial charge in [-0.05, 0) is 51.3 Å². The third-order valence-electron chi connectivity index (χ3n) is 4.67. The second kappa shape index (κ2) is 9.57. The number of carbonyl (C=O) groups excluding carboxylic acids is 3. The molecule has 4 N–H and O–H groups in total. The van der Waals surface area contributed by atoms with Crippen LogP contribution in [0.25, 0.3) is 0 Å². The minimum Gasteiger partial charge on any atom is -0.444 e. The van der Waals surface area contributed by atoms with Gasteiger partial charge in [0, 0.05) is 18.0 Å². The number of amides is 3. The summed E-state index contributed by atoms with van der Waals surface area (Å²) in [6, 6.07) is 6.33. The minimum absolute atomic E-state index is 0.0639. The van der Waals surface area contributed by atoms with Crippen molar-refractivity contribution in [2.24, 2.45) is 11.7 Å². The van der Waals surface area contributed by atoms with E-state index in [2.05, 4.69) is 10.6 Å². The van der Waals surface area contributed by atoms with Gasteiger partial charge in [-0.15, -0.1) is 0 Å². The topological polar surface area (TPSA) is 111 Å². The Morgan fingerprint density at radius 1 is 1.11 bits per heavy atom. The first kappa shape index (κ1) is 21.7. The number of hydrogen-bond donors (Lipinski definition) is 3. The number of nitrogens with two attached hydrogens (primary N) is 1. The Morgan fingerprint density at radius 3 is 2.25 bits per heavy atom. The normalized spacial score (nSPS) is 16.1. The molecule has 7 nitrogen and oxygen atoms in total. The number of primary amides is 1. The fraction of sp³-hybridized carbons (Fsp3) is 0.571. The number of benzene rings is 1. The van der Waals surface area contributed by atoms with Crippen LogP contribution in [-0.4, -0.2) is 29.6 Å². The van der Waals surface area contributed by atoms with Gasteiger partial charge in [-0.25, -0.2) is 4.79 Å². The number of carbonyl (C=O) groups is 3. The molecular weight excluding hydrogens is 358 g/mol. The molecule has 1 fully saturated rings. The predicted molar refractivity (Wildman–Crippen MR) is 108 cm³/mol. The molecule has 0 radical (unpaired) electrons. The number of hydrogen-bond acceptors (Lipinski definition) is 4. The van der Waals surface area contributed by atoms with E-state index >= 15 is 0 Å². The molecule has 154 valence electrons. The third kappa shape index (κ3) is 7.21. The highest BCUT2D eigenvalue weighted by atomic mass is 16.6. The van der Waals surface area contributed by atoms with Crippen molar-refractivity contribution in [1.82, 2.24) is 5.32 Å². The van der Waals surface area contributed by atoms with Crippen LogP contribution in [0, 0.1) is 5.92 Å². The van der Waals surface area contributed by atoms with Crippen molar-refractivity contribution in [3.63, 3.8) is 0 Å². The standard InChI is InChI=1S/C21H31N3O4/c1-21(2,3)28-20(27)24-17(18(22)25)13-14-9-11-16(12-10-14)23-19(26)15-7-5-4-6-8-15/h9-12,15,17H,4-8,13H2,1-3H3,(H2,22,25)(H,23,26)(H,24,27)/t17-/m0/s1. The van der Waals surface area contributed by atoms with Crippen molar-refractivity contribution >= 4 is 23.6 Å². The lowest BCUT2D eigenvalue weighted by Gasteiger charge is -2.22. The minimum atomic E-state index is -0.877. The van der Waals surface area contributed by atoms with Crippen LogP contribution in [0.5, 0.6) is 0 Å². The van der Waals surface area contributed by atoms with E-state index in [1.807, 2.05) is 12.1 Å². The maximum absolute atomic E-state index is 12.3. The van der Waals surface area contributed by atoms with Gasteiger partial charge in [0.25, 0.3) is 0 Å². The maximum atomic E-state index is 12.3. The Balaban J connectivity index is 1.92. The quantitative estimate of drug-likeness (QED) is 0.694. The van der Waals surface area contributed by atoms with Gasteiger partial charge in [-0.1, -0.05) is 31.4 Å². The number of rotatable bonds is 6. The van der Waals surface area contributed by atoms with Crippen molar-refractivity contribution in [2.45, 2.75) is 70.9 Å². The molecule has 0 heterocycles. The predicted octanol–water partition coefficient (Wildman–Crippen LogP) is 3.13. The van der Waals surface area contributed by atoms with Crippen LogP contribution < -0.4 is 16.4 Å². The Kier molecular flexibility index (Phi) is 7.43. The lowest BCUT2D eigenvalue weighted by molar-refractivity contribution is -0.121. The van der Waals surface area contributed by atoms with E-state index in [0.29, 0.717) is 0 Å². The maximum Gasteiger partial charge on any atom is 0.408 e. The lowest BCUT2D eigenvalue weighted by Crippen LogP contribution is -2.47.